The maximum absolute atomic E-state index is 12.2. The van der Waals surface area contributed by atoms with Crippen LogP contribution in [0.2, 0.25) is 5.02 Å². The van der Waals surface area contributed by atoms with Crippen molar-refractivity contribution >= 4 is 51.2 Å². The highest BCUT2D eigenvalue weighted by Gasteiger charge is 2.25. The zero-order valence-corrected chi connectivity index (χ0v) is 20.8. The average Bonchev–Trinajstić information content (AvgIpc) is 3.10. The first-order valence-corrected chi connectivity index (χ1v) is 11.8. The van der Waals surface area contributed by atoms with Crippen LogP contribution >= 0.6 is 34.2 Å². The number of hydrogen-bond acceptors (Lipinski definition) is 4. The van der Waals surface area contributed by atoms with E-state index >= 15 is 0 Å². The number of carbonyl (C=O) groups is 1. The summed E-state index contributed by atoms with van der Waals surface area (Å²) in [5.74, 6) is 0. The Morgan fingerprint density at radius 3 is 2.45 bits per heavy atom. The second-order valence-corrected chi connectivity index (χ2v) is 10.3. The van der Waals surface area contributed by atoms with Gasteiger partial charge in [-0.05, 0) is 60.6 Å². The van der Waals surface area contributed by atoms with Crippen LogP contribution in [-0.2, 0) is 11.3 Å². The second-order valence-electron chi connectivity index (χ2n) is 8.80. The van der Waals surface area contributed by atoms with E-state index in [0.717, 1.165) is 50.4 Å². The van der Waals surface area contributed by atoms with Gasteiger partial charge in [0.25, 0.3) is 0 Å². The number of ether oxygens (including phenoxy) is 1. The van der Waals surface area contributed by atoms with Crippen molar-refractivity contribution in [3.05, 3.63) is 50.7 Å². The molecule has 0 bridgehead atoms. The Morgan fingerprint density at radius 2 is 1.81 bits per heavy atom. The van der Waals surface area contributed by atoms with Crippen LogP contribution in [0.25, 0.3) is 22.0 Å². The van der Waals surface area contributed by atoms with E-state index in [4.69, 9.17) is 16.3 Å². The molecule has 1 aliphatic rings. The predicted molar refractivity (Wildman–Crippen MR) is 132 cm³/mol. The SMILES string of the molecule is CC(C)(C)OC(=O)N1CCN(Cc2ccc(-c3ccc4n[nH]c(I)c4c3Cl)cc2)CC1. The summed E-state index contributed by atoms with van der Waals surface area (Å²) in [5, 5.41) is 8.95. The number of aromatic amines is 1. The van der Waals surface area contributed by atoms with Crippen molar-refractivity contribution in [3.8, 4) is 11.1 Å². The summed E-state index contributed by atoms with van der Waals surface area (Å²) < 4.78 is 6.42. The Morgan fingerprint density at radius 1 is 1.13 bits per heavy atom. The van der Waals surface area contributed by atoms with E-state index in [9.17, 15) is 4.79 Å². The van der Waals surface area contributed by atoms with Crippen molar-refractivity contribution in [2.75, 3.05) is 26.2 Å². The fourth-order valence-corrected chi connectivity index (χ4v) is 4.91. The number of halogens is 2. The van der Waals surface area contributed by atoms with Crippen molar-refractivity contribution in [2.45, 2.75) is 32.9 Å². The van der Waals surface area contributed by atoms with E-state index in [0.29, 0.717) is 13.1 Å². The van der Waals surface area contributed by atoms with Gasteiger partial charge in [-0.15, -0.1) is 0 Å². The van der Waals surface area contributed by atoms with Crippen LogP contribution in [-0.4, -0.2) is 57.9 Å². The molecule has 3 aromatic rings. The third kappa shape index (κ3) is 5.15. The van der Waals surface area contributed by atoms with E-state index in [2.05, 4.69) is 62.0 Å². The van der Waals surface area contributed by atoms with Gasteiger partial charge >= 0.3 is 6.09 Å². The predicted octanol–water partition coefficient (Wildman–Crippen LogP) is 5.54. The monoisotopic (exact) mass is 552 g/mol. The van der Waals surface area contributed by atoms with E-state index in [1.807, 2.05) is 32.9 Å². The molecule has 0 radical (unpaired) electrons. The van der Waals surface area contributed by atoms with Gasteiger partial charge in [0.2, 0.25) is 0 Å². The van der Waals surface area contributed by atoms with E-state index in [-0.39, 0.29) is 6.09 Å². The van der Waals surface area contributed by atoms with Crippen LogP contribution in [0, 0.1) is 3.70 Å². The van der Waals surface area contributed by atoms with Crippen LogP contribution in [0.15, 0.2) is 36.4 Å². The molecule has 6 nitrogen and oxygen atoms in total. The molecular weight excluding hydrogens is 527 g/mol. The molecule has 0 spiro atoms. The first-order chi connectivity index (χ1) is 14.7. The Hall–Kier alpha value is -1.84. The molecule has 0 unspecified atom stereocenters. The molecule has 1 fully saturated rings. The van der Waals surface area contributed by atoms with Gasteiger partial charge < -0.3 is 9.64 Å². The summed E-state index contributed by atoms with van der Waals surface area (Å²) in [4.78, 5) is 16.4. The Kier molecular flexibility index (Phi) is 6.46. The summed E-state index contributed by atoms with van der Waals surface area (Å²) in [6.07, 6.45) is -0.224. The first-order valence-electron chi connectivity index (χ1n) is 10.3. The zero-order chi connectivity index (χ0) is 22.2. The number of aromatic nitrogens is 2. The van der Waals surface area contributed by atoms with Gasteiger partial charge in [0.05, 0.1) is 15.9 Å². The normalized spacial score (nSPS) is 15.5. The van der Waals surface area contributed by atoms with E-state index in [1.165, 1.54) is 5.56 Å². The highest BCUT2D eigenvalue weighted by Crippen LogP contribution is 2.35. The van der Waals surface area contributed by atoms with Gasteiger partial charge in [-0.3, -0.25) is 10.00 Å². The van der Waals surface area contributed by atoms with Gasteiger partial charge in [0.1, 0.15) is 9.30 Å². The molecule has 164 valence electrons. The molecule has 0 atom stereocenters. The van der Waals surface area contributed by atoms with Crippen LogP contribution in [0.3, 0.4) is 0 Å². The largest absolute Gasteiger partial charge is 0.444 e. The third-order valence-electron chi connectivity index (χ3n) is 5.31. The van der Waals surface area contributed by atoms with Crippen LogP contribution in [0.1, 0.15) is 26.3 Å². The van der Waals surface area contributed by atoms with Crippen molar-refractivity contribution in [2.24, 2.45) is 0 Å². The minimum atomic E-state index is -0.459. The maximum atomic E-state index is 12.2. The number of carbonyl (C=O) groups excluding carboxylic acids is 1. The number of hydrogen-bond donors (Lipinski definition) is 1. The molecule has 1 amide bonds. The standard InChI is InChI=1S/C23H26ClIN4O2/c1-23(2,3)31-22(30)29-12-10-28(11-13-29)14-15-4-6-16(7-5-15)17-8-9-18-19(20(17)24)21(25)27-26-18/h4-9H,10-14H2,1-3H3,(H,26,27). The van der Waals surface area contributed by atoms with Crippen molar-refractivity contribution in [1.82, 2.24) is 20.0 Å². The molecule has 2 aromatic carbocycles. The fourth-order valence-electron chi connectivity index (χ4n) is 3.72. The number of rotatable bonds is 3. The molecule has 8 heteroatoms. The Bertz CT molecular complexity index is 1080. The number of piperazine rings is 1. The molecule has 0 saturated carbocycles. The number of fused-ring (bicyclic) bond motifs is 1. The lowest BCUT2D eigenvalue weighted by atomic mass is 10.0. The number of amides is 1. The van der Waals surface area contributed by atoms with Gasteiger partial charge in [-0.25, -0.2) is 4.79 Å². The third-order valence-corrected chi connectivity index (χ3v) is 6.48. The van der Waals surface area contributed by atoms with Gasteiger partial charge in [0.15, 0.2) is 0 Å². The van der Waals surface area contributed by atoms with Gasteiger partial charge in [0, 0.05) is 38.3 Å². The Balaban J connectivity index is 1.38. The van der Waals surface area contributed by atoms with E-state index in [1.54, 1.807) is 4.90 Å². The average molecular weight is 553 g/mol. The highest BCUT2D eigenvalue weighted by molar-refractivity contribution is 14.1. The minimum absolute atomic E-state index is 0.224. The van der Waals surface area contributed by atoms with Gasteiger partial charge in [-0.2, -0.15) is 5.10 Å². The molecule has 31 heavy (non-hydrogen) atoms. The molecule has 4 rings (SSSR count). The second kappa shape index (κ2) is 8.96. The molecule has 1 N–H and O–H groups in total. The lowest BCUT2D eigenvalue weighted by molar-refractivity contribution is 0.0139. The zero-order valence-electron chi connectivity index (χ0n) is 17.9. The maximum Gasteiger partial charge on any atom is 0.410 e. The summed E-state index contributed by atoms with van der Waals surface area (Å²) in [6, 6.07) is 12.5. The van der Waals surface area contributed by atoms with Crippen LogP contribution in [0.5, 0.6) is 0 Å². The minimum Gasteiger partial charge on any atom is -0.444 e. The topological polar surface area (TPSA) is 61.5 Å². The van der Waals surface area contributed by atoms with Crippen molar-refractivity contribution < 1.29 is 9.53 Å². The first kappa shape index (κ1) is 22.4. The molecule has 2 heterocycles. The Labute approximate surface area is 201 Å². The van der Waals surface area contributed by atoms with Crippen molar-refractivity contribution in [3.63, 3.8) is 0 Å². The summed E-state index contributed by atoms with van der Waals surface area (Å²) in [6.45, 7) is 9.59. The molecular formula is C23H26ClIN4O2. The summed E-state index contributed by atoms with van der Waals surface area (Å²) in [5.41, 5.74) is 3.75. The van der Waals surface area contributed by atoms with Crippen LogP contribution in [0.4, 0.5) is 4.79 Å². The molecule has 1 aliphatic heterocycles. The highest BCUT2D eigenvalue weighted by atomic mass is 127. The van der Waals surface area contributed by atoms with E-state index < -0.39 is 5.60 Å². The fraction of sp³-hybridized carbons (Fsp3) is 0.391. The lowest BCUT2D eigenvalue weighted by Gasteiger charge is -2.35. The summed E-state index contributed by atoms with van der Waals surface area (Å²) >= 11 is 8.90. The quantitative estimate of drug-likeness (QED) is 0.434. The smallest absolute Gasteiger partial charge is 0.410 e. The number of benzene rings is 2. The number of nitrogens with zero attached hydrogens (tertiary/aromatic N) is 3. The molecule has 1 aromatic heterocycles. The van der Waals surface area contributed by atoms with Gasteiger partial charge in [-0.1, -0.05) is 41.9 Å². The number of H-pyrrole nitrogens is 1. The molecule has 0 aliphatic carbocycles. The summed E-state index contributed by atoms with van der Waals surface area (Å²) in [7, 11) is 0. The van der Waals surface area contributed by atoms with Crippen molar-refractivity contribution in [1.29, 1.82) is 0 Å². The van der Waals surface area contributed by atoms with Crippen LogP contribution < -0.4 is 0 Å². The molecule has 1 saturated heterocycles. The lowest BCUT2D eigenvalue weighted by Crippen LogP contribution is -2.49. The number of nitrogens with one attached hydrogen (secondary N) is 1.